The molecule has 0 saturated heterocycles. The van der Waals surface area contributed by atoms with E-state index in [2.05, 4.69) is 4.98 Å². The van der Waals surface area contributed by atoms with Crippen LogP contribution >= 0.6 is 0 Å². The zero-order valence-electron chi connectivity index (χ0n) is 11.1. The molecule has 5 nitrogen and oxygen atoms in total. The van der Waals surface area contributed by atoms with Crippen molar-refractivity contribution in [1.29, 1.82) is 0 Å². The quantitative estimate of drug-likeness (QED) is 0.836. The number of carbonyl (C=O) groups excluding carboxylic acids is 1. The predicted molar refractivity (Wildman–Crippen MR) is 74.0 cm³/mol. The van der Waals surface area contributed by atoms with Crippen molar-refractivity contribution in [2.75, 3.05) is 6.61 Å². The topological polar surface area (TPSA) is 61.2 Å². The Labute approximate surface area is 115 Å². The fraction of sp³-hybridized carbons (Fsp3) is 0.267. The number of hydrogen-bond donors (Lipinski definition) is 0. The molecule has 1 aromatic carbocycles. The van der Waals surface area contributed by atoms with Gasteiger partial charge < -0.3 is 4.74 Å². The molecular weight excluding hydrogens is 256 g/mol. The molecule has 0 radical (unpaired) electrons. The van der Waals surface area contributed by atoms with Crippen molar-refractivity contribution in [3.05, 3.63) is 46.2 Å². The molecule has 0 bridgehead atoms. The molecule has 3 rings (SSSR count). The van der Waals surface area contributed by atoms with Crippen molar-refractivity contribution in [3.63, 3.8) is 0 Å². The molecule has 0 N–H and O–H groups in total. The van der Waals surface area contributed by atoms with Crippen molar-refractivity contribution in [1.82, 2.24) is 9.55 Å². The van der Waals surface area contributed by atoms with Crippen molar-refractivity contribution >= 4 is 5.91 Å². The SMILES string of the molecule is CCC(=O)n1c(-c2ccccc2)nc2c(c1=O)CCO2. The smallest absolute Gasteiger partial charge is 0.267 e. The molecule has 0 saturated carbocycles. The molecule has 0 aliphatic carbocycles. The highest BCUT2D eigenvalue weighted by atomic mass is 16.5. The number of hydrogen-bond acceptors (Lipinski definition) is 4. The van der Waals surface area contributed by atoms with E-state index in [0.29, 0.717) is 30.3 Å². The lowest BCUT2D eigenvalue weighted by molar-refractivity contribution is 0.0905. The third-order valence-corrected chi connectivity index (χ3v) is 3.31. The first kappa shape index (κ1) is 12.6. The molecule has 1 aromatic heterocycles. The summed E-state index contributed by atoms with van der Waals surface area (Å²) in [6.45, 7) is 2.17. The van der Waals surface area contributed by atoms with E-state index >= 15 is 0 Å². The number of benzene rings is 1. The fourth-order valence-electron chi connectivity index (χ4n) is 2.29. The number of nitrogens with zero attached hydrogens (tertiary/aromatic N) is 2. The first-order valence-corrected chi connectivity index (χ1v) is 6.59. The molecule has 20 heavy (non-hydrogen) atoms. The molecule has 5 heteroatoms. The van der Waals surface area contributed by atoms with E-state index < -0.39 is 0 Å². The maximum absolute atomic E-state index is 12.5. The van der Waals surface area contributed by atoms with Gasteiger partial charge in [-0.2, -0.15) is 4.98 Å². The summed E-state index contributed by atoms with van der Waals surface area (Å²) in [5.41, 5.74) is 0.911. The van der Waals surface area contributed by atoms with Gasteiger partial charge in [0, 0.05) is 18.4 Å². The standard InChI is InChI=1S/C15H14N2O3/c1-2-12(18)17-13(10-6-4-3-5-7-10)16-14-11(15(17)19)8-9-20-14/h3-7H,2,8-9H2,1H3. The van der Waals surface area contributed by atoms with Gasteiger partial charge in [-0.15, -0.1) is 0 Å². The first-order chi connectivity index (χ1) is 9.72. The summed E-state index contributed by atoms with van der Waals surface area (Å²) in [7, 11) is 0. The summed E-state index contributed by atoms with van der Waals surface area (Å²) in [5.74, 6) is 0.452. The van der Waals surface area contributed by atoms with Crippen LogP contribution in [-0.4, -0.2) is 22.1 Å². The lowest BCUT2D eigenvalue weighted by Gasteiger charge is -2.11. The highest BCUT2D eigenvalue weighted by Gasteiger charge is 2.25. The van der Waals surface area contributed by atoms with Crippen LogP contribution in [0.1, 0.15) is 23.7 Å². The largest absolute Gasteiger partial charge is 0.477 e. The second-order valence-electron chi connectivity index (χ2n) is 4.57. The molecule has 2 aromatic rings. The second-order valence-corrected chi connectivity index (χ2v) is 4.57. The van der Waals surface area contributed by atoms with Crippen molar-refractivity contribution in [2.45, 2.75) is 19.8 Å². The van der Waals surface area contributed by atoms with Crippen molar-refractivity contribution in [2.24, 2.45) is 0 Å². The van der Waals surface area contributed by atoms with E-state index in [9.17, 15) is 9.59 Å². The summed E-state index contributed by atoms with van der Waals surface area (Å²) in [6.07, 6.45) is 0.758. The van der Waals surface area contributed by atoms with E-state index in [0.717, 1.165) is 5.56 Å². The van der Waals surface area contributed by atoms with Crippen LogP contribution in [0, 0.1) is 0 Å². The van der Waals surface area contributed by atoms with Crippen molar-refractivity contribution < 1.29 is 9.53 Å². The van der Waals surface area contributed by atoms with Crippen LogP contribution < -0.4 is 10.3 Å². The van der Waals surface area contributed by atoms with E-state index in [4.69, 9.17) is 4.74 Å². The number of ether oxygens (including phenoxy) is 1. The normalized spacial score (nSPS) is 12.8. The maximum Gasteiger partial charge on any atom is 0.267 e. The zero-order chi connectivity index (χ0) is 14.1. The molecular formula is C15H14N2O3. The third-order valence-electron chi connectivity index (χ3n) is 3.31. The number of aromatic nitrogens is 2. The Morgan fingerprint density at radius 2 is 2.10 bits per heavy atom. The third kappa shape index (κ3) is 1.91. The van der Waals surface area contributed by atoms with E-state index in [1.807, 2.05) is 30.3 Å². The van der Waals surface area contributed by atoms with E-state index in [-0.39, 0.29) is 17.9 Å². The van der Waals surface area contributed by atoms with Crippen LogP contribution in [0.3, 0.4) is 0 Å². The van der Waals surface area contributed by atoms with Gasteiger partial charge in [-0.25, -0.2) is 4.57 Å². The highest BCUT2D eigenvalue weighted by molar-refractivity contribution is 5.83. The summed E-state index contributed by atoms with van der Waals surface area (Å²) in [6, 6.07) is 9.20. The van der Waals surface area contributed by atoms with Crippen molar-refractivity contribution in [3.8, 4) is 17.3 Å². The molecule has 2 heterocycles. The van der Waals surface area contributed by atoms with E-state index in [1.165, 1.54) is 4.57 Å². The second kappa shape index (κ2) is 4.92. The number of fused-ring (bicyclic) bond motifs is 1. The fourth-order valence-corrected chi connectivity index (χ4v) is 2.29. The van der Waals surface area contributed by atoms with Crippen LogP contribution in [0.5, 0.6) is 5.88 Å². The van der Waals surface area contributed by atoms with Gasteiger partial charge in [-0.3, -0.25) is 9.59 Å². The number of rotatable bonds is 2. The Morgan fingerprint density at radius 3 is 2.80 bits per heavy atom. The van der Waals surface area contributed by atoms with Gasteiger partial charge in [0.2, 0.25) is 11.8 Å². The van der Waals surface area contributed by atoms with Gasteiger partial charge in [0.05, 0.1) is 12.2 Å². The van der Waals surface area contributed by atoms with E-state index in [1.54, 1.807) is 6.92 Å². The van der Waals surface area contributed by atoms with Crippen LogP contribution in [0.25, 0.3) is 11.4 Å². The first-order valence-electron chi connectivity index (χ1n) is 6.59. The Kier molecular flexibility index (Phi) is 3.10. The minimum Gasteiger partial charge on any atom is -0.477 e. The Morgan fingerprint density at radius 1 is 1.35 bits per heavy atom. The average Bonchev–Trinajstić information content (AvgIpc) is 2.96. The van der Waals surface area contributed by atoms with Crippen LogP contribution in [0.4, 0.5) is 0 Å². The monoisotopic (exact) mass is 270 g/mol. The van der Waals surface area contributed by atoms with Gasteiger partial charge in [-0.05, 0) is 0 Å². The van der Waals surface area contributed by atoms with Gasteiger partial charge in [0.1, 0.15) is 0 Å². The summed E-state index contributed by atoms with van der Waals surface area (Å²) < 4.78 is 6.54. The van der Waals surface area contributed by atoms with Gasteiger partial charge >= 0.3 is 0 Å². The molecule has 0 atom stereocenters. The predicted octanol–water partition coefficient (Wildman–Crippen LogP) is 1.90. The van der Waals surface area contributed by atoms with Crippen LogP contribution in [0.15, 0.2) is 35.1 Å². The molecule has 1 aliphatic rings. The summed E-state index contributed by atoms with van der Waals surface area (Å²) in [4.78, 5) is 29.0. The summed E-state index contributed by atoms with van der Waals surface area (Å²) in [5, 5.41) is 0. The minimum atomic E-state index is -0.307. The van der Waals surface area contributed by atoms with Gasteiger partial charge in [-0.1, -0.05) is 37.3 Å². The Hall–Kier alpha value is -2.43. The molecule has 0 spiro atoms. The molecule has 0 amide bonds. The Balaban J connectivity index is 2.31. The van der Waals surface area contributed by atoms with Gasteiger partial charge in [0.25, 0.3) is 5.56 Å². The summed E-state index contributed by atoms with van der Waals surface area (Å²) >= 11 is 0. The minimum absolute atomic E-state index is 0.251. The molecule has 0 unspecified atom stereocenters. The van der Waals surface area contributed by atoms with Crippen LogP contribution in [-0.2, 0) is 6.42 Å². The lowest BCUT2D eigenvalue weighted by Crippen LogP contribution is -2.30. The highest BCUT2D eigenvalue weighted by Crippen LogP contribution is 2.24. The number of carbonyl (C=O) groups is 1. The molecule has 0 fully saturated rings. The average molecular weight is 270 g/mol. The lowest BCUT2D eigenvalue weighted by atomic mass is 10.2. The van der Waals surface area contributed by atoms with Crippen LogP contribution in [0.2, 0.25) is 0 Å². The zero-order valence-corrected chi connectivity index (χ0v) is 11.1. The molecule has 102 valence electrons. The molecule has 1 aliphatic heterocycles. The van der Waals surface area contributed by atoms with Gasteiger partial charge in [0.15, 0.2) is 5.82 Å². The maximum atomic E-state index is 12.5. The Bertz CT molecular complexity index is 720.